The highest BCUT2D eigenvalue weighted by atomic mass is 35.5. The molecule has 1 saturated carbocycles. The Morgan fingerprint density at radius 1 is 1.31 bits per heavy atom. The molecular weight excluding hydrogens is 388 g/mol. The van der Waals surface area contributed by atoms with Crippen LogP contribution in [0.4, 0.5) is 0 Å². The normalized spacial score (nSPS) is 23.7. The molecule has 1 aromatic rings. The molecular formula is C23H39ClN2O3. The smallest absolute Gasteiger partial charge is 0.241 e. The quantitative estimate of drug-likeness (QED) is 0.614. The fourth-order valence-corrected chi connectivity index (χ4v) is 4.00. The van der Waals surface area contributed by atoms with Gasteiger partial charge >= 0.3 is 0 Å². The number of nitrogens with one attached hydrogen (secondary N) is 1. The Morgan fingerprint density at radius 2 is 1.97 bits per heavy atom. The zero-order chi connectivity index (χ0) is 21.1. The van der Waals surface area contributed by atoms with E-state index >= 15 is 0 Å². The van der Waals surface area contributed by atoms with Gasteiger partial charge in [0, 0.05) is 30.6 Å². The minimum atomic E-state index is -0.913. The molecule has 5 nitrogen and oxygen atoms in total. The Kier molecular flexibility index (Phi) is 9.00. The molecule has 0 spiro atoms. The molecule has 166 valence electrons. The molecule has 1 amide bonds. The summed E-state index contributed by atoms with van der Waals surface area (Å²) in [6.45, 7) is 15.5. The first-order valence-corrected chi connectivity index (χ1v) is 10.5. The number of nitrogens with two attached hydrogens (primary N) is 1. The summed E-state index contributed by atoms with van der Waals surface area (Å²) >= 11 is 0. The molecule has 0 aromatic heterocycles. The van der Waals surface area contributed by atoms with E-state index in [9.17, 15) is 4.79 Å². The lowest BCUT2D eigenvalue weighted by atomic mass is 9.54. The minimum absolute atomic E-state index is 0. The number of aryl methyl sites for hydroxylation is 1. The Bertz CT molecular complexity index is 693. The Hall–Kier alpha value is -1.30. The third-order valence-corrected chi connectivity index (χ3v) is 6.03. The highest BCUT2D eigenvalue weighted by Gasteiger charge is 2.62. The second-order valence-electron chi connectivity index (χ2n) is 9.19. The van der Waals surface area contributed by atoms with Crippen LogP contribution in [0.1, 0.15) is 65.5 Å². The number of hydrogen-bond donors (Lipinski definition) is 2. The molecule has 1 aromatic carbocycles. The summed E-state index contributed by atoms with van der Waals surface area (Å²) in [4.78, 5) is 12.9. The average Bonchev–Trinajstić information content (AvgIpc) is 2.59. The molecule has 1 fully saturated rings. The predicted octanol–water partition coefficient (Wildman–Crippen LogP) is 4.38. The molecule has 3 N–H and O–H groups in total. The molecule has 0 heterocycles. The zero-order valence-electron chi connectivity index (χ0n) is 19.0. The minimum Gasteiger partial charge on any atom is -0.490 e. The third kappa shape index (κ3) is 5.65. The highest BCUT2D eigenvalue weighted by Crippen LogP contribution is 2.49. The van der Waals surface area contributed by atoms with Crippen LogP contribution in [0.2, 0.25) is 0 Å². The highest BCUT2D eigenvalue weighted by molar-refractivity contribution is 5.88. The third-order valence-electron chi connectivity index (χ3n) is 6.03. The largest absolute Gasteiger partial charge is 0.490 e. The van der Waals surface area contributed by atoms with E-state index in [-0.39, 0.29) is 30.5 Å². The van der Waals surface area contributed by atoms with E-state index in [1.165, 1.54) is 0 Å². The van der Waals surface area contributed by atoms with Crippen molar-refractivity contribution < 1.29 is 14.3 Å². The van der Waals surface area contributed by atoms with Crippen molar-refractivity contribution in [2.75, 3.05) is 6.61 Å². The number of ether oxygens (including phenoxy) is 2. The van der Waals surface area contributed by atoms with Crippen molar-refractivity contribution in [2.45, 2.75) is 85.6 Å². The maximum absolute atomic E-state index is 12.9. The van der Waals surface area contributed by atoms with Crippen LogP contribution in [0.5, 0.6) is 5.75 Å². The van der Waals surface area contributed by atoms with Gasteiger partial charge in [0.2, 0.25) is 5.91 Å². The van der Waals surface area contributed by atoms with Crippen LogP contribution in [0, 0.1) is 18.3 Å². The molecule has 1 aliphatic rings. The lowest BCUT2D eigenvalue weighted by molar-refractivity contribution is -0.170. The number of amides is 1. The van der Waals surface area contributed by atoms with E-state index in [4.69, 9.17) is 15.2 Å². The Morgan fingerprint density at radius 3 is 2.52 bits per heavy atom. The summed E-state index contributed by atoms with van der Waals surface area (Å²) in [6.07, 6.45) is 1.67. The van der Waals surface area contributed by atoms with E-state index < -0.39 is 11.0 Å². The van der Waals surface area contributed by atoms with Crippen LogP contribution in [-0.2, 0) is 16.1 Å². The van der Waals surface area contributed by atoms with Crippen molar-refractivity contribution in [1.82, 2.24) is 5.32 Å². The number of benzene rings is 1. The van der Waals surface area contributed by atoms with Gasteiger partial charge in [0.05, 0.1) is 12.2 Å². The Balaban J connectivity index is 0.00000420. The van der Waals surface area contributed by atoms with Gasteiger partial charge in [0.1, 0.15) is 11.3 Å². The topological polar surface area (TPSA) is 73.6 Å². The molecule has 0 saturated heterocycles. The van der Waals surface area contributed by atoms with Crippen LogP contribution >= 0.6 is 12.4 Å². The second kappa shape index (κ2) is 10.1. The van der Waals surface area contributed by atoms with Crippen molar-refractivity contribution in [3.05, 3.63) is 29.3 Å². The summed E-state index contributed by atoms with van der Waals surface area (Å²) in [5.74, 6) is 1.27. The van der Waals surface area contributed by atoms with Gasteiger partial charge < -0.3 is 20.5 Å². The summed E-state index contributed by atoms with van der Waals surface area (Å²) in [5.41, 5.74) is 7.28. The fourth-order valence-electron chi connectivity index (χ4n) is 4.00. The lowest BCUT2D eigenvalue weighted by Crippen LogP contribution is -2.75. The van der Waals surface area contributed by atoms with Crippen molar-refractivity contribution in [2.24, 2.45) is 17.1 Å². The van der Waals surface area contributed by atoms with E-state index in [1.54, 1.807) is 0 Å². The van der Waals surface area contributed by atoms with Crippen LogP contribution in [0.25, 0.3) is 0 Å². The van der Waals surface area contributed by atoms with Gasteiger partial charge in [0.25, 0.3) is 0 Å². The molecule has 2 rings (SSSR count). The molecule has 6 heteroatoms. The van der Waals surface area contributed by atoms with Gasteiger partial charge in [-0.1, -0.05) is 39.8 Å². The number of halogens is 1. The summed E-state index contributed by atoms with van der Waals surface area (Å²) in [5, 5.41) is 3.03. The van der Waals surface area contributed by atoms with Gasteiger partial charge in [0.15, 0.2) is 0 Å². The van der Waals surface area contributed by atoms with Gasteiger partial charge in [-0.3, -0.25) is 4.79 Å². The summed E-state index contributed by atoms with van der Waals surface area (Å²) in [6, 6.07) is 6.10. The van der Waals surface area contributed by atoms with Crippen molar-refractivity contribution in [3.63, 3.8) is 0 Å². The lowest BCUT2D eigenvalue weighted by Gasteiger charge is -2.57. The number of carbonyl (C=O) groups is 1. The summed E-state index contributed by atoms with van der Waals surface area (Å²) < 4.78 is 11.9. The SMILES string of the molecule is CCOC1CC(N)(C(=O)NCc2ccc(C)cc2OC(C)CC(C)C)C1(C)C.Cl. The number of rotatable bonds is 9. The first-order chi connectivity index (χ1) is 13.0. The molecule has 0 aliphatic heterocycles. The molecule has 3 unspecified atom stereocenters. The van der Waals surface area contributed by atoms with Gasteiger partial charge in [-0.2, -0.15) is 0 Å². The van der Waals surface area contributed by atoms with Crippen LogP contribution in [0.3, 0.4) is 0 Å². The van der Waals surface area contributed by atoms with Crippen LogP contribution < -0.4 is 15.8 Å². The van der Waals surface area contributed by atoms with Gasteiger partial charge in [-0.25, -0.2) is 0 Å². The van der Waals surface area contributed by atoms with Crippen LogP contribution in [-0.4, -0.2) is 30.3 Å². The standard InChI is InChI=1S/C23H38N2O3.ClH/c1-8-27-20-13-23(24,22(20,6)7)21(26)25-14-18-10-9-16(4)12-19(18)28-17(5)11-15(2)3;/h9-10,12,15,17,20H,8,11,13-14,24H2,1-7H3,(H,25,26);1H. The van der Waals surface area contributed by atoms with Crippen molar-refractivity contribution in [3.8, 4) is 5.75 Å². The van der Waals surface area contributed by atoms with Crippen molar-refractivity contribution >= 4 is 18.3 Å². The fraction of sp³-hybridized carbons (Fsp3) is 0.696. The van der Waals surface area contributed by atoms with E-state index in [1.807, 2.05) is 45.9 Å². The Labute approximate surface area is 182 Å². The van der Waals surface area contributed by atoms with Gasteiger partial charge in [-0.15, -0.1) is 12.4 Å². The average molecular weight is 427 g/mol. The maximum atomic E-state index is 12.9. The summed E-state index contributed by atoms with van der Waals surface area (Å²) in [7, 11) is 0. The maximum Gasteiger partial charge on any atom is 0.241 e. The first-order valence-electron chi connectivity index (χ1n) is 10.5. The number of hydrogen-bond acceptors (Lipinski definition) is 4. The van der Waals surface area contributed by atoms with E-state index in [2.05, 4.69) is 26.1 Å². The molecule has 3 atom stereocenters. The predicted molar refractivity (Wildman–Crippen MR) is 121 cm³/mol. The van der Waals surface area contributed by atoms with Gasteiger partial charge in [-0.05, 0) is 44.7 Å². The monoisotopic (exact) mass is 426 g/mol. The zero-order valence-corrected chi connectivity index (χ0v) is 19.8. The number of carbonyl (C=O) groups excluding carboxylic acids is 1. The molecule has 0 bridgehead atoms. The van der Waals surface area contributed by atoms with Crippen molar-refractivity contribution in [1.29, 1.82) is 0 Å². The van der Waals surface area contributed by atoms with E-state index in [0.29, 0.717) is 25.5 Å². The molecule has 1 aliphatic carbocycles. The molecule has 0 radical (unpaired) electrons. The first kappa shape index (κ1) is 25.7. The van der Waals surface area contributed by atoms with Crippen LogP contribution in [0.15, 0.2) is 18.2 Å². The molecule has 29 heavy (non-hydrogen) atoms. The van der Waals surface area contributed by atoms with E-state index in [0.717, 1.165) is 23.3 Å². The second-order valence-corrected chi connectivity index (χ2v) is 9.19.